The lowest BCUT2D eigenvalue weighted by atomic mass is 10.0. The van der Waals surface area contributed by atoms with Gasteiger partial charge in [-0.05, 0) is 18.9 Å². The average molecular weight is 383 g/mol. The number of nitrogens with one attached hydrogen (secondary N) is 1. The number of aromatic nitrogens is 4. The van der Waals surface area contributed by atoms with Crippen molar-refractivity contribution in [2.75, 3.05) is 6.54 Å². The molecule has 0 bridgehead atoms. The monoisotopic (exact) mass is 383 g/mol. The van der Waals surface area contributed by atoms with Crippen molar-refractivity contribution in [3.05, 3.63) is 58.9 Å². The van der Waals surface area contributed by atoms with Crippen molar-refractivity contribution in [1.82, 2.24) is 24.4 Å². The molecule has 1 aliphatic heterocycles. The van der Waals surface area contributed by atoms with Gasteiger partial charge in [-0.2, -0.15) is 0 Å². The zero-order chi connectivity index (χ0) is 19.8. The van der Waals surface area contributed by atoms with E-state index in [1.54, 1.807) is 9.47 Å². The average Bonchev–Trinajstić information content (AvgIpc) is 3.32. The molecule has 0 spiro atoms. The number of aliphatic hydroxyl groups excluding tert-OH is 1. The van der Waals surface area contributed by atoms with Crippen LogP contribution in [0.25, 0.3) is 11.2 Å². The number of rotatable bonds is 5. The predicted octanol–water partition coefficient (Wildman–Crippen LogP) is 0.942. The summed E-state index contributed by atoms with van der Waals surface area (Å²) in [5, 5.41) is 20.7. The minimum Gasteiger partial charge on any atom is -0.480 e. The Balaban J connectivity index is 1.67. The molecule has 0 aliphatic carbocycles. The molecule has 3 N–H and O–H groups in total. The van der Waals surface area contributed by atoms with Gasteiger partial charge in [-0.3, -0.25) is 14.5 Å². The van der Waals surface area contributed by atoms with Crippen LogP contribution in [0, 0.1) is 0 Å². The second-order valence-electron chi connectivity index (χ2n) is 7.03. The maximum Gasteiger partial charge on any atom is 0.323 e. The Morgan fingerprint density at radius 1 is 1.29 bits per heavy atom. The maximum absolute atomic E-state index is 12.1. The Bertz CT molecular complexity index is 1050. The number of H-pyrrole nitrogens is 1. The Labute approximate surface area is 160 Å². The van der Waals surface area contributed by atoms with Gasteiger partial charge < -0.3 is 19.8 Å². The molecule has 1 aromatic carbocycles. The minimum absolute atomic E-state index is 0.183. The summed E-state index contributed by atoms with van der Waals surface area (Å²) in [6, 6.07) is 7.48. The third kappa shape index (κ3) is 2.98. The van der Waals surface area contributed by atoms with E-state index in [1.165, 1.54) is 12.7 Å². The lowest BCUT2D eigenvalue weighted by Gasteiger charge is -2.33. The van der Waals surface area contributed by atoms with Crippen LogP contribution in [0.2, 0.25) is 0 Å². The standard InChI is InChI=1S/C19H21N5O4/c1-11(16(25)12-5-3-2-4-6-12)23-8-7-13(15(23)19(27)28)24-10-22-14-17(24)20-9-21-18(14)26/h2-6,9-11,13,15-16,25H,7-8H2,1H3,(H,27,28)(H,20,21,26)/t11?,13?,15-,16?/m0/s1. The minimum atomic E-state index is -0.985. The molecule has 3 heterocycles. The number of carboxylic acids is 1. The molecule has 4 rings (SSSR count). The van der Waals surface area contributed by atoms with Crippen LogP contribution in [-0.2, 0) is 4.79 Å². The second-order valence-corrected chi connectivity index (χ2v) is 7.03. The van der Waals surface area contributed by atoms with Crippen molar-refractivity contribution in [1.29, 1.82) is 0 Å². The number of benzene rings is 1. The fourth-order valence-corrected chi connectivity index (χ4v) is 4.07. The first-order valence-electron chi connectivity index (χ1n) is 9.11. The Morgan fingerprint density at radius 2 is 2.04 bits per heavy atom. The summed E-state index contributed by atoms with van der Waals surface area (Å²) in [5.74, 6) is -0.985. The Hall–Kier alpha value is -3.04. The van der Waals surface area contributed by atoms with Crippen LogP contribution >= 0.6 is 0 Å². The zero-order valence-electron chi connectivity index (χ0n) is 15.3. The van der Waals surface area contributed by atoms with Gasteiger partial charge in [0.05, 0.1) is 24.8 Å². The van der Waals surface area contributed by atoms with Crippen LogP contribution in [0.4, 0.5) is 0 Å². The highest BCUT2D eigenvalue weighted by Crippen LogP contribution is 2.35. The molecule has 3 aromatic rings. The number of likely N-dealkylation sites (tertiary alicyclic amines) is 1. The number of aliphatic carboxylic acids is 1. The van der Waals surface area contributed by atoms with Crippen LogP contribution in [0.1, 0.15) is 31.1 Å². The molecule has 1 fully saturated rings. The van der Waals surface area contributed by atoms with Gasteiger partial charge in [-0.25, -0.2) is 9.97 Å². The molecule has 0 radical (unpaired) electrons. The zero-order valence-corrected chi connectivity index (χ0v) is 15.3. The van der Waals surface area contributed by atoms with E-state index in [1.807, 2.05) is 37.3 Å². The summed E-state index contributed by atoms with van der Waals surface area (Å²) in [6.07, 6.45) is 2.48. The van der Waals surface area contributed by atoms with Crippen molar-refractivity contribution in [3.8, 4) is 0 Å². The lowest BCUT2D eigenvalue weighted by Crippen LogP contribution is -2.47. The van der Waals surface area contributed by atoms with E-state index in [0.717, 1.165) is 5.56 Å². The number of nitrogens with zero attached hydrogens (tertiary/aromatic N) is 4. The molecular weight excluding hydrogens is 362 g/mol. The van der Waals surface area contributed by atoms with Crippen molar-refractivity contribution in [3.63, 3.8) is 0 Å². The molecule has 28 heavy (non-hydrogen) atoms. The van der Waals surface area contributed by atoms with Gasteiger partial charge in [-0.15, -0.1) is 0 Å². The van der Waals surface area contributed by atoms with E-state index < -0.39 is 30.2 Å². The molecule has 0 amide bonds. The first-order valence-corrected chi connectivity index (χ1v) is 9.11. The van der Waals surface area contributed by atoms with Crippen LogP contribution < -0.4 is 5.56 Å². The smallest absolute Gasteiger partial charge is 0.323 e. The fraction of sp³-hybridized carbons (Fsp3) is 0.368. The summed E-state index contributed by atoms with van der Waals surface area (Å²) in [5.41, 5.74) is 0.919. The SMILES string of the molecule is CC(C(O)c1ccccc1)N1CCC(n2cnc3c(=O)[nH]cnc32)[C@H]1C(=O)O. The molecule has 146 valence electrons. The number of aromatic amines is 1. The van der Waals surface area contributed by atoms with Crippen LogP contribution in [0.15, 0.2) is 47.8 Å². The van der Waals surface area contributed by atoms with Gasteiger partial charge in [0.1, 0.15) is 6.04 Å². The van der Waals surface area contributed by atoms with Gasteiger partial charge in [-0.1, -0.05) is 30.3 Å². The summed E-state index contributed by atoms with van der Waals surface area (Å²) in [4.78, 5) is 36.6. The van der Waals surface area contributed by atoms with E-state index in [9.17, 15) is 19.8 Å². The molecular formula is C19H21N5O4. The van der Waals surface area contributed by atoms with E-state index in [4.69, 9.17) is 0 Å². The number of aliphatic hydroxyl groups is 1. The van der Waals surface area contributed by atoms with Crippen molar-refractivity contribution in [2.24, 2.45) is 0 Å². The maximum atomic E-state index is 12.1. The first kappa shape index (κ1) is 18.3. The molecule has 0 saturated carbocycles. The number of carbonyl (C=O) groups is 1. The summed E-state index contributed by atoms with van der Waals surface area (Å²) in [7, 11) is 0. The molecule has 1 saturated heterocycles. The normalized spacial score (nSPS) is 22.4. The Morgan fingerprint density at radius 3 is 2.75 bits per heavy atom. The molecule has 9 nitrogen and oxygen atoms in total. The van der Waals surface area contributed by atoms with Gasteiger partial charge >= 0.3 is 5.97 Å². The van der Waals surface area contributed by atoms with Gasteiger partial charge in [0.2, 0.25) is 0 Å². The lowest BCUT2D eigenvalue weighted by molar-refractivity contribution is -0.144. The highest BCUT2D eigenvalue weighted by Gasteiger charge is 2.44. The highest BCUT2D eigenvalue weighted by molar-refractivity contribution is 5.76. The summed E-state index contributed by atoms with van der Waals surface area (Å²) >= 11 is 0. The third-order valence-corrected chi connectivity index (χ3v) is 5.50. The molecule has 4 atom stereocenters. The summed E-state index contributed by atoms with van der Waals surface area (Å²) in [6.45, 7) is 2.32. The molecule has 3 unspecified atom stereocenters. The number of fused-ring (bicyclic) bond motifs is 1. The number of hydrogen-bond acceptors (Lipinski definition) is 6. The number of imidazole rings is 1. The van der Waals surface area contributed by atoms with E-state index in [0.29, 0.717) is 18.6 Å². The van der Waals surface area contributed by atoms with E-state index in [-0.39, 0.29) is 11.1 Å². The van der Waals surface area contributed by atoms with Gasteiger partial charge in [0.15, 0.2) is 11.2 Å². The van der Waals surface area contributed by atoms with Crippen molar-refractivity contribution < 1.29 is 15.0 Å². The third-order valence-electron chi connectivity index (χ3n) is 5.50. The van der Waals surface area contributed by atoms with Crippen LogP contribution in [-0.4, -0.2) is 59.2 Å². The molecule has 2 aromatic heterocycles. The predicted molar refractivity (Wildman–Crippen MR) is 101 cm³/mol. The van der Waals surface area contributed by atoms with Gasteiger partial charge in [0, 0.05) is 12.6 Å². The first-order chi connectivity index (χ1) is 13.5. The topological polar surface area (TPSA) is 124 Å². The van der Waals surface area contributed by atoms with Crippen molar-refractivity contribution >= 4 is 17.1 Å². The number of hydrogen-bond donors (Lipinski definition) is 3. The van der Waals surface area contributed by atoms with E-state index in [2.05, 4.69) is 15.0 Å². The quantitative estimate of drug-likeness (QED) is 0.599. The van der Waals surface area contributed by atoms with E-state index >= 15 is 0 Å². The number of carboxylic acid groups (broad SMARTS) is 1. The van der Waals surface area contributed by atoms with Gasteiger partial charge in [0.25, 0.3) is 5.56 Å². The Kier molecular flexibility index (Phi) is 4.70. The fourth-order valence-electron chi connectivity index (χ4n) is 4.07. The largest absolute Gasteiger partial charge is 0.480 e. The van der Waals surface area contributed by atoms with Crippen molar-refractivity contribution in [2.45, 2.75) is 37.6 Å². The highest BCUT2D eigenvalue weighted by atomic mass is 16.4. The second kappa shape index (κ2) is 7.17. The molecule has 9 heteroatoms. The molecule has 1 aliphatic rings. The van der Waals surface area contributed by atoms with Crippen LogP contribution in [0.3, 0.4) is 0 Å². The summed E-state index contributed by atoms with van der Waals surface area (Å²) < 4.78 is 1.66. The van der Waals surface area contributed by atoms with Crippen LogP contribution in [0.5, 0.6) is 0 Å².